The number of anilines is 2. The predicted octanol–water partition coefficient (Wildman–Crippen LogP) is 8.22. The molecule has 0 heterocycles. The zero-order valence-electron chi connectivity index (χ0n) is 26.0. The van der Waals surface area contributed by atoms with Crippen molar-refractivity contribution in [3.05, 3.63) is 137 Å². The molecule has 8 nitrogen and oxygen atoms in total. The number of carbonyl (C=O) groups excluding carboxylic acids is 3. The van der Waals surface area contributed by atoms with Gasteiger partial charge in [-0.2, -0.15) is 0 Å². The third kappa shape index (κ3) is 7.42. The van der Waals surface area contributed by atoms with E-state index in [9.17, 15) is 19.5 Å². The van der Waals surface area contributed by atoms with E-state index in [1.165, 1.54) is 7.11 Å². The lowest BCUT2D eigenvalue weighted by Crippen LogP contribution is -2.16. The first-order chi connectivity index (χ1) is 22.1. The monoisotopic (exact) mass is 614 g/mol. The first-order valence-electron chi connectivity index (χ1n) is 14.7. The number of phenolic OH excluding ortho intramolecular Hbond substituents is 1. The van der Waals surface area contributed by atoms with Gasteiger partial charge in [-0.1, -0.05) is 50.2 Å². The SMILES string of the molecule is COc1ccc(NC(=O)c2ccc(C(=O)Oc3cccc(C(C)C)c3)c(C)c2)cc1NC(=O)c1ccc(-c2ccc(O)cc2)cc1. The molecule has 5 aromatic rings. The van der Waals surface area contributed by atoms with Gasteiger partial charge in [0, 0.05) is 16.8 Å². The van der Waals surface area contributed by atoms with Crippen LogP contribution in [0.5, 0.6) is 17.2 Å². The average molecular weight is 615 g/mol. The second-order valence-electron chi connectivity index (χ2n) is 11.1. The summed E-state index contributed by atoms with van der Waals surface area (Å²) in [5.41, 5.74) is 5.43. The van der Waals surface area contributed by atoms with Crippen LogP contribution < -0.4 is 20.1 Å². The molecule has 232 valence electrons. The van der Waals surface area contributed by atoms with Crippen LogP contribution in [0.1, 0.15) is 62.0 Å². The topological polar surface area (TPSA) is 114 Å². The van der Waals surface area contributed by atoms with E-state index < -0.39 is 5.97 Å². The van der Waals surface area contributed by atoms with Crippen molar-refractivity contribution in [2.45, 2.75) is 26.7 Å². The molecule has 5 rings (SSSR count). The minimum Gasteiger partial charge on any atom is -0.508 e. The van der Waals surface area contributed by atoms with Crippen LogP contribution in [0, 0.1) is 6.92 Å². The van der Waals surface area contributed by atoms with Gasteiger partial charge in [0.1, 0.15) is 17.2 Å². The van der Waals surface area contributed by atoms with Gasteiger partial charge in [-0.3, -0.25) is 9.59 Å². The molecule has 0 saturated carbocycles. The Morgan fingerprint density at radius 3 is 2.02 bits per heavy atom. The summed E-state index contributed by atoms with van der Waals surface area (Å²) in [4.78, 5) is 39.1. The molecule has 0 aliphatic heterocycles. The molecule has 5 aromatic carbocycles. The summed E-state index contributed by atoms with van der Waals surface area (Å²) in [5, 5.41) is 15.2. The predicted molar refractivity (Wildman–Crippen MR) is 179 cm³/mol. The minimum atomic E-state index is -0.504. The Morgan fingerprint density at radius 1 is 0.717 bits per heavy atom. The van der Waals surface area contributed by atoms with Gasteiger partial charge in [-0.25, -0.2) is 4.79 Å². The molecule has 0 fully saturated rings. The largest absolute Gasteiger partial charge is 0.508 e. The number of esters is 1. The van der Waals surface area contributed by atoms with Gasteiger partial charge < -0.3 is 25.2 Å². The van der Waals surface area contributed by atoms with Crippen molar-refractivity contribution in [2.75, 3.05) is 17.7 Å². The van der Waals surface area contributed by atoms with Crippen molar-refractivity contribution >= 4 is 29.2 Å². The Labute approximate surface area is 267 Å². The normalized spacial score (nSPS) is 10.7. The van der Waals surface area contributed by atoms with Gasteiger partial charge in [-0.05, 0) is 108 Å². The van der Waals surface area contributed by atoms with Crippen LogP contribution in [-0.4, -0.2) is 30.0 Å². The Balaban J connectivity index is 1.26. The molecule has 8 heteroatoms. The van der Waals surface area contributed by atoms with Gasteiger partial charge in [0.25, 0.3) is 11.8 Å². The highest BCUT2D eigenvalue weighted by atomic mass is 16.5. The third-order valence-corrected chi connectivity index (χ3v) is 7.50. The fourth-order valence-corrected chi connectivity index (χ4v) is 4.88. The third-order valence-electron chi connectivity index (χ3n) is 7.50. The number of aromatic hydroxyl groups is 1. The van der Waals surface area contributed by atoms with Crippen molar-refractivity contribution < 1.29 is 29.0 Å². The Kier molecular flexibility index (Phi) is 9.47. The summed E-state index contributed by atoms with van der Waals surface area (Å²) < 4.78 is 11.0. The first-order valence-corrected chi connectivity index (χ1v) is 14.7. The number of hydrogen-bond donors (Lipinski definition) is 3. The molecular weight excluding hydrogens is 580 g/mol. The molecule has 0 saturated heterocycles. The molecule has 0 radical (unpaired) electrons. The summed E-state index contributed by atoms with van der Waals surface area (Å²) in [6.45, 7) is 5.88. The van der Waals surface area contributed by atoms with E-state index >= 15 is 0 Å². The molecular formula is C38H34N2O6. The van der Waals surface area contributed by atoms with E-state index in [0.29, 0.717) is 51.0 Å². The molecule has 0 unspecified atom stereocenters. The molecule has 46 heavy (non-hydrogen) atoms. The van der Waals surface area contributed by atoms with Gasteiger partial charge in [0.05, 0.1) is 18.4 Å². The molecule has 0 bridgehead atoms. The number of amides is 2. The lowest BCUT2D eigenvalue weighted by atomic mass is 10.0. The molecule has 0 spiro atoms. The maximum absolute atomic E-state index is 13.2. The lowest BCUT2D eigenvalue weighted by Gasteiger charge is -2.14. The molecule has 2 amide bonds. The fraction of sp³-hybridized carbons (Fsp3) is 0.132. The Hall–Kier alpha value is -5.89. The number of hydrogen-bond acceptors (Lipinski definition) is 6. The standard InChI is InChI=1S/C38H34N2O6/c1-23(2)28-6-5-7-32(21-28)46-38(44)33-18-14-29(20-24(33)3)37(43)39-30-15-19-35(45-4)34(22-30)40-36(42)27-10-8-25(9-11-27)26-12-16-31(41)17-13-26/h5-23,41H,1-4H3,(H,39,43)(H,40,42). The van der Waals surface area contributed by atoms with E-state index in [0.717, 1.165) is 16.7 Å². The van der Waals surface area contributed by atoms with Crippen LogP contribution in [0.25, 0.3) is 11.1 Å². The lowest BCUT2D eigenvalue weighted by molar-refractivity contribution is 0.0733. The first kappa shape index (κ1) is 31.5. The Morgan fingerprint density at radius 2 is 1.37 bits per heavy atom. The van der Waals surface area contributed by atoms with Crippen molar-refractivity contribution in [3.8, 4) is 28.4 Å². The zero-order valence-corrected chi connectivity index (χ0v) is 26.0. The second-order valence-corrected chi connectivity index (χ2v) is 11.1. The highest BCUT2D eigenvalue weighted by Gasteiger charge is 2.17. The van der Waals surface area contributed by atoms with Crippen molar-refractivity contribution in [2.24, 2.45) is 0 Å². The molecule has 0 aliphatic carbocycles. The summed E-state index contributed by atoms with van der Waals surface area (Å²) >= 11 is 0. The summed E-state index contributed by atoms with van der Waals surface area (Å²) in [5.74, 6) is 0.118. The minimum absolute atomic E-state index is 0.182. The van der Waals surface area contributed by atoms with Crippen molar-refractivity contribution in [1.29, 1.82) is 0 Å². The Bertz CT molecular complexity index is 1900. The molecule has 0 atom stereocenters. The van der Waals surface area contributed by atoms with Crippen molar-refractivity contribution in [3.63, 3.8) is 0 Å². The summed E-state index contributed by atoms with van der Waals surface area (Å²) in [6, 6.07) is 31.0. The maximum Gasteiger partial charge on any atom is 0.343 e. The van der Waals surface area contributed by atoms with Gasteiger partial charge in [0.2, 0.25) is 0 Å². The van der Waals surface area contributed by atoms with Gasteiger partial charge >= 0.3 is 5.97 Å². The second kappa shape index (κ2) is 13.8. The van der Waals surface area contributed by atoms with Crippen LogP contribution in [0.15, 0.2) is 109 Å². The average Bonchev–Trinajstić information content (AvgIpc) is 3.05. The van der Waals surface area contributed by atoms with E-state index in [1.807, 2.05) is 30.3 Å². The van der Waals surface area contributed by atoms with Crippen molar-refractivity contribution in [1.82, 2.24) is 0 Å². The number of carbonyl (C=O) groups is 3. The number of ether oxygens (including phenoxy) is 2. The highest BCUT2D eigenvalue weighted by Crippen LogP contribution is 2.30. The number of methoxy groups -OCH3 is 1. The smallest absolute Gasteiger partial charge is 0.343 e. The van der Waals surface area contributed by atoms with E-state index in [2.05, 4.69) is 24.5 Å². The van der Waals surface area contributed by atoms with Crippen LogP contribution in [-0.2, 0) is 0 Å². The number of aryl methyl sites for hydroxylation is 1. The molecule has 3 N–H and O–H groups in total. The highest BCUT2D eigenvalue weighted by molar-refractivity contribution is 6.07. The van der Waals surface area contributed by atoms with Crippen LogP contribution >= 0.6 is 0 Å². The quantitative estimate of drug-likeness (QED) is 0.114. The van der Waals surface area contributed by atoms with Crippen LogP contribution in [0.4, 0.5) is 11.4 Å². The fourth-order valence-electron chi connectivity index (χ4n) is 4.88. The summed E-state index contributed by atoms with van der Waals surface area (Å²) in [6.07, 6.45) is 0. The number of phenols is 1. The van der Waals surface area contributed by atoms with E-state index in [4.69, 9.17) is 9.47 Å². The van der Waals surface area contributed by atoms with Crippen LogP contribution in [0.2, 0.25) is 0 Å². The molecule has 0 aromatic heterocycles. The van der Waals surface area contributed by atoms with E-state index in [1.54, 1.807) is 85.8 Å². The van der Waals surface area contributed by atoms with Crippen LogP contribution in [0.3, 0.4) is 0 Å². The molecule has 0 aliphatic rings. The van der Waals surface area contributed by atoms with Gasteiger partial charge in [-0.15, -0.1) is 0 Å². The zero-order chi connectivity index (χ0) is 32.8. The number of nitrogens with one attached hydrogen (secondary N) is 2. The summed E-state index contributed by atoms with van der Waals surface area (Å²) in [7, 11) is 1.49. The van der Waals surface area contributed by atoms with E-state index in [-0.39, 0.29) is 17.6 Å². The maximum atomic E-state index is 13.2. The number of benzene rings is 5. The number of rotatable bonds is 9. The van der Waals surface area contributed by atoms with Gasteiger partial charge in [0.15, 0.2) is 0 Å².